The SMILES string of the molecule is Cc1ccc(CCC(=O)N(C)C2CC[C@@]3(O)[C@H]4Cc5ccc(O)c6c5[C@@]3(CC(C#N)N4CCc3ccccc3)C2O6)cc1C. The van der Waals surface area contributed by atoms with Gasteiger partial charge in [-0.3, -0.25) is 9.69 Å². The fourth-order valence-corrected chi connectivity index (χ4v) is 8.94. The minimum atomic E-state index is -1.16. The number of nitrogens with zero attached hydrogens (tertiary/aromatic N) is 3. The quantitative estimate of drug-likeness (QED) is 0.412. The monoisotopic (exact) mass is 591 g/mol. The van der Waals surface area contributed by atoms with Crippen molar-refractivity contribution in [3.05, 3.63) is 94.0 Å². The normalized spacial score (nSPS) is 29.8. The first-order valence-electron chi connectivity index (χ1n) is 15.9. The Bertz CT molecular complexity index is 1650. The van der Waals surface area contributed by atoms with Crippen LogP contribution in [0.1, 0.15) is 59.1 Å². The van der Waals surface area contributed by atoms with Crippen molar-refractivity contribution in [2.24, 2.45) is 0 Å². The van der Waals surface area contributed by atoms with Crippen molar-refractivity contribution in [1.82, 2.24) is 9.80 Å². The van der Waals surface area contributed by atoms with E-state index in [9.17, 15) is 20.3 Å². The molecule has 44 heavy (non-hydrogen) atoms. The number of rotatable bonds is 7. The van der Waals surface area contributed by atoms with Gasteiger partial charge in [-0.1, -0.05) is 54.6 Å². The van der Waals surface area contributed by atoms with Crippen LogP contribution in [0.5, 0.6) is 11.5 Å². The summed E-state index contributed by atoms with van der Waals surface area (Å²) in [5.41, 5.74) is 4.65. The van der Waals surface area contributed by atoms with E-state index < -0.39 is 23.2 Å². The second-order valence-electron chi connectivity index (χ2n) is 13.5. The molecule has 1 spiro atoms. The van der Waals surface area contributed by atoms with Crippen molar-refractivity contribution in [2.45, 2.75) is 94.0 Å². The molecule has 2 heterocycles. The van der Waals surface area contributed by atoms with Gasteiger partial charge in [0.15, 0.2) is 11.5 Å². The number of hydrogen-bond acceptors (Lipinski definition) is 6. The van der Waals surface area contributed by atoms with Crippen LogP contribution in [0.2, 0.25) is 0 Å². The van der Waals surface area contributed by atoms with Crippen LogP contribution in [0.4, 0.5) is 0 Å². The highest BCUT2D eigenvalue weighted by Crippen LogP contribution is 2.66. The fourth-order valence-electron chi connectivity index (χ4n) is 8.94. The van der Waals surface area contributed by atoms with Gasteiger partial charge in [-0.15, -0.1) is 0 Å². The van der Waals surface area contributed by atoms with Crippen molar-refractivity contribution in [3.8, 4) is 17.6 Å². The molecule has 1 saturated heterocycles. The summed E-state index contributed by atoms with van der Waals surface area (Å²) < 4.78 is 6.68. The number of hydrogen-bond donors (Lipinski definition) is 2. The first kappa shape index (κ1) is 28.9. The van der Waals surface area contributed by atoms with Crippen LogP contribution < -0.4 is 4.74 Å². The molecule has 0 radical (unpaired) electrons. The molecule has 7 rings (SSSR count). The summed E-state index contributed by atoms with van der Waals surface area (Å²) >= 11 is 0. The molecular weight excluding hydrogens is 550 g/mol. The molecule has 3 aromatic rings. The van der Waals surface area contributed by atoms with E-state index in [1.54, 1.807) is 6.07 Å². The van der Waals surface area contributed by atoms with Gasteiger partial charge in [-0.05, 0) is 86.3 Å². The largest absolute Gasteiger partial charge is 0.504 e. The van der Waals surface area contributed by atoms with Crippen molar-refractivity contribution < 1.29 is 19.7 Å². The highest BCUT2D eigenvalue weighted by Gasteiger charge is 2.74. The molecule has 1 saturated carbocycles. The molecule has 228 valence electrons. The van der Waals surface area contributed by atoms with E-state index in [2.05, 4.69) is 55.1 Å². The Labute approximate surface area is 259 Å². The number of amides is 1. The fraction of sp³-hybridized carbons (Fsp3) is 0.459. The summed E-state index contributed by atoms with van der Waals surface area (Å²) in [6, 6.07) is 21.8. The molecule has 1 amide bonds. The Balaban J connectivity index is 1.22. The number of likely N-dealkylation sites (tertiary alicyclic amines) is 1. The van der Waals surface area contributed by atoms with Crippen molar-refractivity contribution in [2.75, 3.05) is 13.6 Å². The number of likely N-dealkylation sites (N-methyl/N-ethyl adjacent to an activating group) is 1. The highest BCUT2D eigenvalue weighted by atomic mass is 16.5. The molecule has 3 aromatic carbocycles. The number of aromatic hydroxyl groups is 1. The maximum Gasteiger partial charge on any atom is 0.223 e. The number of aliphatic hydroxyl groups is 1. The Morgan fingerprint density at radius 1 is 1.09 bits per heavy atom. The van der Waals surface area contributed by atoms with Crippen molar-refractivity contribution in [1.29, 1.82) is 5.26 Å². The molecular formula is C37H41N3O4. The lowest BCUT2D eigenvalue weighted by Crippen LogP contribution is -2.79. The number of carbonyl (C=O) groups is 1. The molecule has 2 fully saturated rings. The third-order valence-electron chi connectivity index (χ3n) is 11.4. The third kappa shape index (κ3) is 4.18. The molecule has 2 aliphatic heterocycles. The Kier molecular flexibility index (Phi) is 6.99. The van der Waals surface area contributed by atoms with E-state index in [-0.39, 0.29) is 23.7 Å². The average molecular weight is 592 g/mol. The second kappa shape index (κ2) is 10.6. The lowest BCUT2D eigenvalue weighted by atomic mass is 9.47. The summed E-state index contributed by atoms with van der Waals surface area (Å²) in [4.78, 5) is 17.7. The molecule has 4 aliphatic rings. The van der Waals surface area contributed by atoms with Crippen LogP contribution in [0, 0.1) is 25.2 Å². The predicted octanol–water partition coefficient (Wildman–Crippen LogP) is 4.76. The standard InChI is InChI=1S/C37H41N3O4/c1-23-9-10-26(19-24(23)2)11-14-32(42)39(3)29-15-17-37(43)31-20-27-12-13-30(41)34-33(27)36(37,35(29)44-34)21-28(22-38)40(31)18-16-25-7-5-4-6-8-25/h4-10,12-13,19,28-29,31,35,41,43H,11,14-18,20-21H2,1-3H3/t28?,29?,31-,35?,36+,37-/m1/s1. The minimum absolute atomic E-state index is 0.0311. The zero-order valence-electron chi connectivity index (χ0n) is 25.8. The molecule has 2 N–H and O–H groups in total. The van der Waals surface area contributed by atoms with Gasteiger partial charge in [0, 0.05) is 31.6 Å². The summed E-state index contributed by atoms with van der Waals surface area (Å²) in [6.45, 7) is 4.84. The van der Waals surface area contributed by atoms with E-state index in [1.165, 1.54) is 16.7 Å². The maximum atomic E-state index is 13.7. The van der Waals surface area contributed by atoms with Crippen LogP contribution >= 0.6 is 0 Å². The lowest BCUT2D eigenvalue weighted by Gasteiger charge is -2.65. The molecule has 7 nitrogen and oxygen atoms in total. The van der Waals surface area contributed by atoms with Crippen LogP contribution in [-0.4, -0.2) is 69.3 Å². The molecule has 0 aromatic heterocycles. The van der Waals surface area contributed by atoms with Crippen LogP contribution in [0.3, 0.4) is 0 Å². The first-order valence-corrected chi connectivity index (χ1v) is 15.9. The number of phenolic OH excluding ortho intramolecular Hbond substituents is 1. The summed E-state index contributed by atoms with van der Waals surface area (Å²) in [5, 5.41) is 34.4. The van der Waals surface area contributed by atoms with E-state index in [1.807, 2.05) is 36.2 Å². The zero-order valence-corrected chi connectivity index (χ0v) is 25.8. The van der Waals surface area contributed by atoms with Gasteiger partial charge in [0.2, 0.25) is 5.91 Å². The smallest absolute Gasteiger partial charge is 0.223 e. The van der Waals surface area contributed by atoms with Crippen LogP contribution in [0.25, 0.3) is 0 Å². The Morgan fingerprint density at radius 2 is 1.89 bits per heavy atom. The number of nitriles is 1. The third-order valence-corrected chi connectivity index (χ3v) is 11.4. The van der Waals surface area contributed by atoms with Gasteiger partial charge in [0.1, 0.15) is 6.10 Å². The van der Waals surface area contributed by atoms with Crippen LogP contribution in [-0.2, 0) is 29.5 Å². The predicted molar refractivity (Wildman–Crippen MR) is 168 cm³/mol. The zero-order chi connectivity index (χ0) is 30.8. The van der Waals surface area contributed by atoms with Crippen molar-refractivity contribution in [3.63, 3.8) is 0 Å². The molecule has 3 unspecified atom stereocenters. The number of benzene rings is 3. The number of carbonyl (C=O) groups excluding carboxylic acids is 1. The average Bonchev–Trinajstić information content (AvgIpc) is 3.38. The van der Waals surface area contributed by atoms with E-state index in [0.29, 0.717) is 50.8 Å². The number of ether oxygens (including phenoxy) is 1. The van der Waals surface area contributed by atoms with Gasteiger partial charge in [-0.25, -0.2) is 0 Å². The molecule has 2 aliphatic carbocycles. The Hall–Kier alpha value is -3.86. The first-order chi connectivity index (χ1) is 21.2. The van der Waals surface area contributed by atoms with E-state index in [4.69, 9.17) is 4.74 Å². The summed E-state index contributed by atoms with van der Waals surface area (Å²) in [5.74, 6) is 0.501. The van der Waals surface area contributed by atoms with E-state index >= 15 is 0 Å². The minimum Gasteiger partial charge on any atom is -0.504 e. The van der Waals surface area contributed by atoms with E-state index in [0.717, 1.165) is 23.1 Å². The number of aryl methyl sites for hydroxylation is 3. The van der Waals surface area contributed by atoms with Gasteiger partial charge < -0.3 is 19.8 Å². The molecule has 7 heteroatoms. The topological polar surface area (TPSA) is 97.0 Å². The summed E-state index contributed by atoms with van der Waals surface area (Å²) in [6.07, 6.45) is 3.29. The van der Waals surface area contributed by atoms with Crippen molar-refractivity contribution >= 4 is 5.91 Å². The van der Waals surface area contributed by atoms with Gasteiger partial charge in [0.05, 0.1) is 29.2 Å². The van der Waals surface area contributed by atoms with Crippen LogP contribution in [0.15, 0.2) is 60.7 Å². The highest BCUT2D eigenvalue weighted by molar-refractivity contribution is 5.77. The number of phenols is 1. The summed E-state index contributed by atoms with van der Waals surface area (Å²) in [7, 11) is 1.85. The van der Waals surface area contributed by atoms with Gasteiger partial charge >= 0.3 is 0 Å². The Morgan fingerprint density at radius 3 is 2.64 bits per heavy atom. The molecule has 2 bridgehead atoms. The maximum absolute atomic E-state index is 13.7. The number of piperidine rings is 1. The second-order valence-corrected chi connectivity index (χ2v) is 13.5. The van der Waals surface area contributed by atoms with Gasteiger partial charge in [-0.2, -0.15) is 5.26 Å². The molecule has 6 atom stereocenters. The van der Waals surface area contributed by atoms with Gasteiger partial charge in [0.25, 0.3) is 0 Å². The lowest BCUT2D eigenvalue weighted by molar-refractivity contribution is -0.207.